The summed E-state index contributed by atoms with van der Waals surface area (Å²) in [5, 5.41) is 9.89. The Morgan fingerprint density at radius 1 is 1.12 bits per heavy atom. The van der Waals surface area contributed by atoms with Crippen LogP contribution in [0.25, 0.3) is 11.0 Å². The van der Waals surface area contributed by atoms with Crippen molar-refractivity contribution in [2.75, 3.05) is 52.5 Å². The van der Waals surface area contributed by atoms with Gasteiger partial charge >= 0.3 is 5.63 Å². The molecule has 0 atom stereocenters. The first-order valence-corrected chi connectivity index (χ1v) is 8.38. The van der Waals surface area contributed by atoms with E-state index in [0.29, 0.717) is 12.2 Å². The molecular formula is C18H24N2O4. The topological polar surface area (TPSA) is 66.2 Å². The van der Waals surface area contributed by atoms with Crippen LogP contribution in [0, 0.1) is 6.92 Å². The number of nitrogens with zero attached hydrogens (tertiary/aromatic N) is 2. The fourth-order valence-electron chi connectivity index (χ4n) is 3.07. The smallest absolute Gasteiger partial charge is 0.336 e. The third-order valence-corrected chi connectivity index (χ3v) is 4.48. The fourth-order valence-corrected chi connectivity index (χ4v) is 3.07. The molecule has 1 fully saturated rings. The Hall–Kier alpha value is -1.89. The monoisotopic (exact) mass is 332 g/mol. The maximum Gasteiger partial charge on any atom is 0.336 e. The summed E-state index contributed by atoms with van der Waals surface area (Å²) in [6.07, 6.45) is 0. The van der Waals surface area contributed by atoms with E-state index in [4.69, 9.17) is 14.3 Å². The van der Waals surface area contributed by atoms with Gasteiger partial charge in [-0.05, 0) is 24.6 Å². The van der Waals surface area contributed by atoms with Crippen molar-refractivity contribution in [1.82, 2.24) is 9.80 Å². The highest BCUT2D eigenvalue weighted by molar-refractivity contribution is 5.81. The van der Waals surface area contributed by atoms with Crippen molar-refractivity contribution in [2.45, 2.75) is 6.92 Å². The number of aryl methyl sites for hydroxylation is 1. The molecular weight excluding hydrogens is 308 g/mol. The van der Waals surface area contributed by atoms with Crippen molar-refractivity contribution in [3.8, 4) is 5.75 Å². The van der Waals surface area contributed by atoms with Crippen molar-refractivity contribution in [2.24, 2.45) is 0 Å². The number of ether oxygens (including phenoxy) is 1. The minimum Gasteiger partial charge on any atom is -0.492 e. The van der Waals surface area contributed by atoms with E-state index in [1.165, 1.54) is 6.07 Å². The van der Waals surface area contributed by atoms with E-state index < -0.39 is 0 Å². The molecule has 6 heteroatoms. The van der Waals surface area contributed by atoms with Crippen molar-refractivity contribution >= 4 is 11.0 Å². The molecule has 1 aliphatic heterocycles. The van der Waals surface area contributed by atoms with E-state index in [1.807, 2.05) is 19.1 Å². The lowest BCUT2D eigenvalue weighted by molar-refractivity contribution is 0.102. The predicted octanol–water partition coefficient (Wildman–Crippen LogP) is 1.09. The van der Waals surface area contributed by atoms with Crippen molar-refractivity contribution in [1.29, 1.82) is 0 Å². The van der Waals surface area contributed by atoms with Crippen LogP contribution in [-0.2, 0) is 0 Å². The molecule has 1 aromatic carbocycles. The number of hydrogen-bond acceptors (Lipinski definition) is 6. The summed E-state index contributed by atoms with van der Waals surface area (Å²) < 4.78 is 11.1. The number of benzene rings is 1. The van der Waals surface area contributed by atoms with E-state index >= 15 is 0 Å². The van der Waals surface area contributed by atoms with E-state index in [0.717, 1.165) is 56.0 Å². The van der Waals surface area contributed by atoms with Gasteiger partial charge in [0, 0.05) is 56.8 Å². The highest BCUT2D eigenvalue weighted by Gasteiger charge is 2.15. The zero-order valence-electron chi connectivity index (χ0n) is 14.0. The van der Waals surface area contributed by atoms with Gasteiger partial charge in [-0.25, -0.2) is 4.79 Å². The van der Waals surface area contributed by atoms with Gasteiger partial charge in [0.25, 0.3) is 0 Å². The van der Waals surface area contributed by atoms with Gasteiger partial charge in [0.15, 0.2) is 0 Å². The molecule has 2 aromatic rings. The number of piperazine rings is 1. The summed E-state index contributed by atoms with van der Waals surface area (Å²) in [5.41, 5.74) is 1.14. The Bertz CT molecular complexity index is 735. The molecule has 1 aliphatic rings. The van der Waals surface area contributed by atoms with E-state index in [1.54, 1.807) is 6.07 Å². The second-order valence-electron chi connectivity index (χ2n) is 6.16. The van der Waals surface area contributed by atoms with Crippen LogP contribution in [0.2, 0.25) is 0 Å². The van der Waals surface area contributed by atoms with Gasteiger partial charge in [0.1, 0.15) is 17.9 Å². The van der Waals surface area contributed by atoms with Gasteiger partial charge in [-0.15, -0.1) is 0 Å². The van der Waals surface area contributed by atoms with E-state index in [9.17, 15) is 4.79 Å². The van der Waals surface area contributed by atoms with Gasteiger partial charge < -0.3 is 14.3 Å². The van der Waals surface area contributed by atoms with Gasteiger partial charge in [-0.2, -0.15) is 0 Å². The number of aliphatic hydroxyl groups is 1. The van der Waals surface area contributed by atoms with Gasteiger partial charge in [0.05, 0.1) is 6.61 Å². The van der Waals surface area contributed by atoms with E-state index in [2.05, 4.69) is 9.80 Å². The second-order valence-corrected chi connectivity index (χ2v) is 6.16. The van der Waals surface area contributed by atoms with Gasteiger partial charge in [-0.3, -0.25) is 9.80 Å². The average Bonchev–Trinajstić information content (AvgIpc) is 2.56. The molecule has 0 bridgehead atoms. The third-order valence-electron chi connectivity index (χ3n) is 4.48. The third kappa shape index (κ3) is 4.14. The summed E-state index contributed by atoms with van der Waals surface area (Å²) in [6.45, 7) is 8.31. The van der Waals surface area contributed by atoms with Gasteiger partial charge in [0.2, 0.25) is 0 Å². The first-order valence-electron chi connectivity index (χ1n) is 8.38. The Kier molecular flexibility index (Phi) is 5.50. The predicted molar refractivity (Wildman–Crippen MR) is 92.7 cm³/mol. The highest BCUT2D eigenvalue weighted by atomic mass is 16.5. The molecule has 0 unspecified atom stereocenters. The number of aliphatic hydroxyl groups excluding tert-OH is 1. The molecule has 0 amide bonds. The van der Waals surface area contributed by atoms with Crippen LogP contribution in [-0.4, -0.2) is 67.4 Å². The second kappa shape index (κ2) is 7.79. The van der Waals surface area contributed by atoms with Crippen molar-refractivity contribution < 1.29 is 14.3 Å². The molecule has 130 valence electrons. The molecule has 1 saturated heterocycles. The summed E-state index contributed by atoms with van der Waals surface area (Å²) in [5.74, 6) is 0.718. The highest BCUT2D eigenvalue weighted by Crippen LogP contribution is 2.22. The zero-order chi connectivity index (χ0) is 16.9. The molecule has 3 rings (SSSR count). The molecule has 0 spiro atoms. The molecule has 0 saturated carbocycles. The van der Waals surface area contributed by atoms with Crippen LogP contribution in [0.3, 0.4) is 0 Å². The first-order chi connectivity index (χ1) is 11.7. The summed E-state index contributed by atoms with van der Waals surface area (Å²) in [4.78, 5) is 16.1. The molecule has 1 N–H and O–H groups in total. The lowest BCUT2D eigenvalue weighted by atomic mass is 10.1. The minimum absolute atomic E-state index is 0.223. The standard InChI is InChI=1S/C18H24N2O4/c1-14-12-18(22)24-17-13-15(2-3-16(14)17)23-11-9-20-6-4-19(5-7-20)8-10-21/h2-3,12-13,21H,4-11H2,1H3. The maximum absolute atomic E-state index is 11.5. The molecule has 1 aromatic heterocycles. The Labute approximate surface area is 141 Å². The van der Waals surface area contributed by atoms with Crippen molar-refractivity contribution in [3.63, 3.8) is 0 Å². The fraction of sp³-hybridized carbons (Fsp3) is 0.500. The lowest BCUT2D eigenvalue weighted by Crippen LogP contribution is -2.48. The minimum atomic E-state index is -0.335. The molecule has 6 nitrogen and oxygen atoms in total. The van der Waals surface area contributed by atoms with E-state index in [-0.39, 0.29) is 12.2 Å². The SMILES string of the molecule is Cc1cc(=O)oc2cc(OCCN3CCN(CCO)CC3)ccc12. The molecule has 0 radical (unpaired) electrons. The van der Waals surface area contributed by atoms with Crippen LogP contribution in [0.1, 0.15) is 5.56 Å². The van der Waals surface area contributed by atoms with Crippen LogP contribution < -0.4 is 10.4 Å². The van der Waals surface area contributed by atoms with Crippen LogP contribution in [0.15, 0.2) is 33.5 Å². The summed E-state index contributed by atoms with van der Waals surface area (Å²) in [7, 11) is 0. The number of β-amino-alcohol motifs (C(OH)–C–C–N with tert-alkyl or cyclic N) is 1. The van der Waals surface area contributed by atoms with Crippen LogP contribution >= 0.6 is 0 Å². The average molecular weight is 332 g/mol. The number of rotatable bonds is 6. The molecule has 0 aliphatic carbocycles. The largest absolute Gasteiger partial charge is 0.492 e. The number of fused-ring (bicyclic) bond motifs is 1. The van der Waals surface area contributed by atoms with Crippen molar-refractivity contribution in [3.05, 3.63) is 40.2 Å². The Morgan fingerprint density at radius 2 is 1.83 bits per heavy atom. The Balaban J connectivity index is 1.52. The summed E-state index contributed by atoms with van der Waals surface area (Å²) >= 11 is 0. The van der Waals surface area contributed by atoms with Gasteiger partial charge in [-0.1, -0.05) is 0 Å². The van der Waals surface area contributed by atoms with Crippen LogP contribution in [0.5, 0.6) is 5.75 Å². The maximum atomic E-state index is 11.5. The van der Waals surface area contributed by atoms with Crippen LogP contribution in [0.4, 0.5) is 0 Å². The Morgan fingerprint density at radius 3 is 2.54 bits per heavy atom. The normalized spacial score (nSPS) is 16.6. The first kappa shape index (κ1) is 17.0. The molecule has 2 heterocycles. The number of hydrogen-bond donors (Lipinski definition) is 1. The molecule has 24 heavy (non-hydrogen) atoms. The quantitative estimate of drug-likeness (QED) is 0.799. The lowest BCUT2D eigenvalue weighted by Gasteiger charge is -2.34. The zero-order valence-corrected chi connectivity index (χ0v) is 14.0. The summed E-state index contributed by atoms with van der Waals surface area (Å²) in [6, 6.07) is 7.12.